The number of halogens is 1. The van der Waals surface area contributed by atoms with Gasteiger partial charge in [-0.15, -0.1) is 0 Å². The van der Waals surface area contributed by atoms with Gasteiger partial charge in [-0.25, -0.2) is 9.97 Å². The molecule has 1 saturated heterocycles. The smallest absolute Gasteiger partial charge is 0.134 e. The maximum atomic E-state index is 10.8. The van der Waals surface area contributed by atoms with Gasteiger partial charge in [0.25, 0.3) is 0 Å². The van der Waals surface area contributed by atoms with Crippen LogP contribution in [0.4, 0.5) is 11.6 Å². The molecule has 3 N–H and O–H groups in total. The molecule has 140 valence electrons. The molecule has 2 unspecified atom stereocenters. The first kappa shape index (κ1) is 18.9. The average Bonchev–Trinajstić information content (AvgIpc) is 2.67. The van der Waals surface area contributed by atoms with Crippen molar-refractivity contribution >= 4 is 23.2 Å². The lowest BCUT2D eigenvalue weighted by Gasteiger charge is -2.32. The minimum absolute atomic E-state index is 0.202. The minimum Gasteiger partial charge on any atom is -0.396 e. The Labute approximate surface area is 158 Å². The predicted octanol–water partition coefficient (Wildman–Crippen LogP) is 2.66. The molecule has 6 nitrogen and oxygen atoms in total. The molecule has 2 aromatic rings. The summed E-state index contributed by atoms with van der Waals surface area (Å²) in [7, 11) is 0. The molecule has 0 amide bonds. The minimum atomic E-state index is -1.13. The molecule has 0 radical (unpaired) electrons. The molecule has 7 heteroatoms. The zero-order valence-electron chi connectivity index (χ0n) is 14.9. The number of hydrogen-bond donors (Lipinski definition) is 3. The largest absolute Gasteiger partial charge is 0.396 e. The summed E-state index contributed by atoms with van der Waals surface area (Å²) >= 11 is 6.20. The number of hydrogen-bond acceptors (Lipinski definition) is 6. The van der Waals surface area contributed by atoms with E-state index >= 15 is 0 Å². The number of piperidine rings is 1. The van der Waals surface area contributed by atoms with Gasteiger partial charge in [-0.05, 0) is 31.7 Å². The highest BCUT2D eigenvalue weighted by atomic mass is 35.5. The summed E-state index contributed by atoms with van der Waals surface area (Å²) in [5, 5.41) is 23.9. The number of nitrogens with one attached hydrogen (secondary N) is 1. The van der Waals surface area contributed by atoms with Crippen molar-refractivity contribution < 1.29 is 10.2 Å². The second kappa shape index (κ2) is 8.20. The maximum Gasteiger partial charge on any atom is 0.134 e. The number of anilines is 2. The highest BCUT2D eigenvalue weighted by Gasteiger charge is 2.26. The second-order valence-electron chi connectivity index (χ2n) is 7.01. The molecule has 1 aromatic heterocycles. The van der Waals surface area contributed by atoms with Crippen molar-refractivity contribution in [2.75, 3.05) is 36.5 Å². The summed E-state index contributed by atoms with van der Waals surface area (Å²) < 4.78 is 0. The molecule has 0 saturated carbocycles. The van der Waals surface area contributed by atoms with Gasteiger partial charge in [0.05, 0.1) is 0 Å². The second-order valence-corrected chi connectivity index (χ2v) is 7.41. The lowest BCUT2D eigenvalue weighted by molar-refractivity contribution is 0.0715. The molecule has 2 heterocycles. The van der Waals surface area contributed by atoms with E-state index in [9.17, 15) is 10.2 Å². The van der Waals surface area contributed by atoms with Crippen LogP contribution in [0.3, 0.4) is 0 Å². The lowest BCUT2D eigenvalue weighted by atomic mass is 9.96. The van der Waals surface area contributed by atoms with Crippen molar-refractivity contribution in [1.29, 1.82) is 0 Å². The van der Waals surface area contributed by atoms with Crippen LogP contribution in [0.2, 0.25) is 5.02 Å². The predicted molar refractivity (Wildman–Crippen MR) is 104 cm³/mol. The van der Waals surface area contributed by atoms with E-state index in [0.29, 0.717) is 16.4 Å². The van der Waals surface area contributed by atoms with E-state index in [4.69, 9.17) is 11.6 Å². The van der Waals surface area contributed by atoms with Gasteiger partial charge < -0.3 is 20.4 Å². The van der Waals surface area contributed by atoms with E-state index in [2.05, 4.69) is 20.2 Å². The van der Waals surface area contributed by atoms with Crippen LogP contribution in [0.5, 0.6) is 0 Å². The van der Waals surface area contributed by atoms with Crippen LogP contribution in [0.25, 0.3) is 0 Å². The average molecular weight is 377 g/mol. The van der Waals surface area contributed by atoms with Crippen molar-refractivity contribution in [3.63, 3.8) is 0 Å². The van der Waals surface area contributed by atoms with Gasteiger partial charge in [0.2, 0.25) is 0 Å². The molecule has 1 aliphatic heterocycles. The monoisotopic (exact) mass is 376 g/mol. The summed E-state index contributed by atoms with van der Waals surface area (Å²) in [4.78, 5) is 10.8. The number of rotatable bonds is 6. The van der Waals surface area contributed by atoms with Crippen LogP contribution in [-0.2, 0) is 5.60 Å². The zero-order valence-corrected chi connectivity index (χ0v) is 15.7. The van der Waals surface area contributed by atoms with Gasteiger partial charge in [0.1, 0.15) is 23.6 Å². The Morgan fingerprint density at radius 2 is 2.15 bits per heavy atom. The van der Waals surface area contributed by atoms with Crippen molar-refractivity contribution in [2.45, 2.75) is 25.4 Å². The van der Waals surface area contributed by atoms with Gasteiger partial charge in [-0.1, -0.05) is 29.8 Å². The first-order valence-corrected chi connectivity index (χ1v) is 9.26. The fraction of sp³-hybridized carbons (Fsp3) is 0.474. The topological polar surface area (TPSA) is 81.5 Å². The Bertz CT molecular complexity index is 741. The van der Waals surface area contributed by atoms with E-state index in [1.807, 2.05) is 24.3 Å². The van der Waals surface area contributed by atoms with Crippen molar-refractivity contribution in [1.82, 2.24) is 9.97 Å². The normalized spacial score (nSPS) is 19.8. The quantitative estimate of drug-likeness (QED) is 0.719. The highest BCUT2D eigenvalue weighted by molar-refractivity contribution is 6.31. The summed E-state index contributed by atoms with van der Waals surface area (Å²) in [6.45, 7) is 3.91. The van der Waals surface area contributed by atoms with Gasteiger partial charge in [-0.3, -0.25) is 0 Å². The summed E-state index contributed by atoms with van der Waals surface area (Å²) in [6.07, 6.45) is 3.60. The third kappa shape index (κ3) is 4.44. The zero-order chi connectivity index (χ0) is 18.6. The van der Waals surface area contributed by atoms with Crippen molar-refractivity contribution in [3.05, 3.63) is 47.2 Å². The van der Waals surface area contributed by atoms with E-state index in [-0.39, 0.29) is 19.1 Å². The van der Waals surface area contributed by atoms with Gasteiger partial charge in [-0.2, -0.15) is 0 Å². The molecule has 0 aliphatic carbocycles. The fourth-order valence-corrected chi connectivity index (χ4v) is 3.63. The standard InChI is InChI=1S/C19H25ClN4O2/c1-19(26,15-6-2-3-7-16(15)20)12-21-17-9-18(23-13-22-17)24-8-4-5-14(10-24)11-25/h2-3,6-7,9,13-14,25-26H,4-5,8,10-12H2,1H3,(H,21,22,23). The van der Waals surface area contributed by atoms with Gasteiger partial charge in [0, 0.05) is 42.9 Å². The van der Waals surface area contributed by atoms with Crippen molar-refractivity contribution in [2.24, 2.45) is 5.92 Å². The number of aliphatic hydroxyl groups is 2. The Morgan fingerprint density at radius 1 is 1.35 bits per heavy atom. The molecule has 26 heavy (non-hydrogen) atoms. The SMILES string of the molecule is CC(O)(CNc1cc(N2CCCC(CO)C2)ncn1)c1ccccc1Cl. The molecule has 0 spiro atoms. The molecule has 1 aromatic carbocycles. The van der Waals surface area contributed by atoms with Crippen LogP contribution in [-0.4, -0.2) is 46.4 Å². The Balaban J connectivity index is 1.68. The maximum absolute atomic E-state index is 10.8. The Kier molecular flexibility index (Phi) is 5.96. The molecular weight excluding hydrogens is 352 g/mol. The Morgan fingerprint density at radius 3 is 2.92 bits per heavy atom. The molecule has 3 rings (SSSR count). The van der Waals surface area contributed by atoms with E-state index in [0.717, 1.165) is 31.7 Å². The van der Waals surface area contributed by atoms with Gasteiger partial charge >= 0.3 is 0 Å². The van der Waals surface area contributed by atoms with Crippen LogP contribution in [0, 0.1) is 5.92 Å². The number of aliphatic hydroxyl groups excluding tert-OH is 1. The Hall–Kier alpha value is -1.89. The van der Waals surface area contributed by atoms with Gasteiger partial charge in [0.15, 0.2) is 0 Å². The number of aromatic nitrogens is 2. The molecule has 2 atom stereocenters. The fourth-order valence-electron chi connectivity index (χ4n) is 3.29. The number of nitrogens with zero attached hydrogens (tertiary/aromatic N) is 3. The lowest BCUT2D eigenvalue weighted by Crippen LogP contribution is -2.37. The van der Waals surface area contributed by atoms with Crippen LogP contribution in [0.15, 0.2) is 36.7 Å². The molecular formula is C19H25ClN4O2. The first-order valence-electron chi connectivity index (χ1n) is 8.89. The van der Waals surface area contributed by atoms with Crippen molar-refractivity contribution in [3.8, 4) is 0 Å². The van der Waals surface area contributed by atoms with Crippen LogP contribution in [0.1, 0.15) is 25.3 Å². The molecule has 1 fully saturated rings. The third-order valence-electron chi connectivity index (χ3n) is 4.82. The van der Waals surface area contributed by atoms with E-state index < -0.39 is 5.60 Å². The van der Waals surface area contributed by atoms with Crippen LogP contribution >= 0.6 is 11.6 Å². The third-order valence-corrected chi connectivity index (χ3v) is 5.15. The summed E-state index contributed by atoms with van der Waals surface area (Å²) in [5.74, 6) is 1.77. The van der Waals surface area contributed by atoms with Crippen LogP contribution < -0.4 is 10.2 Å². The number of benzene rings is 1. The van der Waals surface area contributed by atoms with E-state index in [1.165, 1.54) is 6.33 Å². The summed E-state index contributed by atoms with van der Waals surface area (Å²) in [6, 6.07) is 9.15. The highest BCUT2D eigenvalue weighted by Crippen LogP contribution is 2.28. The summed E-state index contributed by atoms with van der Waals surface area (Å²) in [5.41, 5.74) is -0.457. The first-order chi connectivity index (χ1) is 12.5. The van der Waals surface area contributed by atoms with E-state index in [1.54, 1.807) is 13.0 Å². The molecule has 0 bridgehead atoms. The molecule has 1 aliphatic rings.